The zero-order valence-corrected chi connectivity index (χ0v) is 24.3. The maximum absolute atomic E-state index is 12.7. The van der Waals surface area contributed by atoms with E-state index in [2.05, 4.69) is 43.8 Å². The number of rotatable bonds is 11. The summed E-state index contributed by atoms with van der Waals surface area (Å²) in [7, 11) is 0. The number of hydrogen-bond acceptors (Lipinski definition) is 9. The lowest BCUT2D eigenvalue weighted by molar-refractivity contribution is -0.0433. The molecule has 1 aromatic carbocycles. The number of nitrogens with one attached hydrogen (secondary N) is 2. The summed E-state index contributed by atoms with van der Waals surface area (Å²) < 4.78 is 14.0. The van der Waals surface area contributed by atoms with Gasteiger partial charge in [0.05, 0.1) is 18.0 Å². The molecule has 1 saturated carbocycles. The molecule has 1 amide bonds. The van der Waals surface area contributed by atoms with Crippen LogP contribution in [0.5, 0.6) is 5.75 Å². The second kappa shape index (κ2) is 13.2. The number of carbonyl (C=O) groups excluding carboxylic acids is 1. The monoisotopic (exact) mass is 575 g/mol. The lowest BCUT2D eigenvalue weighted by atomic mass is 9.93. The predicted octanol–water partition coefficient (Wildman–Crippen LogP) is 3.37. The first-order chi connectivity index (χ1) is 20.5. The van der Waals surface area contributed by atoms with E-state index in [0.29, 0.717) is 24.8 Å². The zero-order chi connectivity index (χ0) is 28.9. The molecule has 11 heteroatoms. The van der Waals surface area contributed by atoms with Crippen LogP contribution in [0.25, 0.3) is 0 Å². The van der Waals surface area contributed by atoms with Crippen LogP contribution in [-0.2, 0) is 24.3 Å². The molecule has 3 aliphatic rings. The second-order valence-corrected chi connectivity index (χ2v) is 11.7. The van der Waals surface area contributed by atoms with Crippen molar-refractivity contribution in [1.29, 1.82) is 0 Å². The summed E-state index contributed by atoms with van der Waals surface area (Å²) in [4.78, 5) is 19.3. The van der Waals surface area contributed by atoms with Gasteiger partial charge in [-0.3, -0.25) is 9.69 Å². The van der Waals surface area contributed by atoms with Crippen molar-refractivity contribution in [3.8, 4) is 5.75 Å². The normalized spacial score (nSPS) is 19.9. The Morgan fingerprint density at radius 2 is 2.12 bits per heavy atom. The molecule has 2 atom stereocenters. The first-order valence-corrected chi connectivity index (χ1v) is 15.2. The number of pyridine rings is 1. The van der Waals surface area contributed by atoms with Crippen molar-refractivity contribution in [2.24, 2.45) is 0 Å². The van der Waals surface area contributed by atoms with Crippen LogP contribution in [0.4, 0.5) is 5.82 Å². The summed E-state index contributed by atoms with van der Waals surface area (Å²) in [5, 5.41) is 25.3. The van der Waals surface area contributed by atoms with E-state index in [4.69, 9.17) is 9.47 Å². The van der Waals surface area contributed by atoms with Crippen molar-refractivity contribution in [3.05, 3.63) is 64.6 Å². The molecule has 0 radical (unpaired) electrons. The molecule has 2 fully saturated rings. The van der Waals surface area contributed by atoms with E-state index in [9.17, 15) is 9.90 Å². The van der Waals surface area contributed by atoms with E-state index in [1.807, 2.05) is 10.7 Å². The van der Waals surface area contributed by atoms with Gasteiger partial charge in [0, 0.05) is 50.6 Å². The molecule has 0 spiro atoms. The van der Waals surface area contributed by atoms with Crippen molar-refractivity contribution in [3.63, 3.8) is 0 Å². The number of benzene rings is 1. The number of aliphatic hydroxyl groups is 1. The molecule has 42 heavy (non-hydrogen) atoms. The molecule has 3 aromatic rings. The number of nitrogens with zero attached hydrogens (tertiary/aromatic N) is 5. The summed E-state index contributed by atoms with van der Waals surface area (Å²) in [6.45, 7) is 5.51. The number of ether oxygens (including phenoxy) is 2. The van der Waals surface area contributed by atoms with Gasteiger partial charge in [-0.15, -0.1) is 5.10 Å². The number of anilines is 1. The molecular formula is C31H41N7O4. The van der Waals surface area contributed by atoms with Crippen LogP contribution in [0.2, 0.25) is 0 Å². The highest BCUT2D eigenvalue weighted by Gasteiger charge is 2.24. The van der Waals surface area contributed by atoms with Crippen molar-refractivity contribution < 1.29 is 19.4 Å². The average Bonchev–Trinajstić information content (AvgIpc) is 3.47. The Hall–Kier alpha value is -3.54. The predicted molar refractivity (Wildman–Crippen MR) is 157 cm³/mol. The van der Waals surface area contributed by atoms with E-state index in [-0.39, 0.29) is 18.7 Å². The van der Waals surface area contributed by atoms with Gasteiger partial charge >= 0.3 is 0 Å². The highest BCUT2D eigenvalue weighted by molar-refractivity contribution is 5.94. The average molecular weight is 576 g/mol. The molecule has 2 aromatic heterocycles. The van der Waals surface area contributed by atoms with Gasteiger partial charge < -0.3 is 25.2 Å². The highest BCUT2D eigenvalue weighted by atomic mass is 16.5. The quantitative estimate of drug-likeness (QED) is 0.315. The minimum atomic E-state index is -0.666. The number of carbonyl (C=O) groups is 1. The standard InChI is InChI=1S/C31H41N7O4/c1-21-27-11-13-37(19-26(39)17-33-31(40)22-10-12-32-29(15-22)35-24-5-4-6-24)18-23(27)8-9-28(21)42-20-25-16-34-36-38(25)30-7-2-3-14-41-30/h8-10,12,15-16,24,26,30,39H,2-7,11,13-14,17-20H2,1H3,(H,32,35)(H,33,40)/t26-,30?/m0/s1. The lowest BCUT2D eigenvalue weighted by Crippen LogP contribution is -2.42. The maximum Gasteiger partial charge on any atom is 0.251 e. The summed E-state index contributed by atoms with van der Waals surface area (Å²) in [6.07, 6.45) is 10.2. The molecule has 1 unspecified atom stereocenters. The minimum Gasteiger partial charge on any atom is -0.487 e. The first-order valence-electron chi connectivity index (χ1n) is 15.2. The van der Waals surface area contributed by atoms with E-state index in [1.165, 1.54) is 17.5 Å². The van der Waals surface area contributed by atoms with Crippen LogP contribution in [0.15, 0.2) is 36.7 Å². The number of aliphatic hydroxyl groups excluding tert-OH is 1. The van der Waals surface area contributed by atoms with E-state index in [0.717, 1.165) is 81.0 Å². The van der Waals surface area contributed by atoms with Gasteiger partial charge in [0.2, 0.25) is 0 Å². The number of amides is 1. The number of β-amino-alcohol motifs (C(OH)–C–C–N with tert-alkyl or cyclic N) is 1. The smallest absolute Gasteiger partial charge is 0.251 e. The first kappa shape index (κ1) is 28.6. The molecule has 6 rings (SSSR count). The van der Waals surface area contributed by atoms with E-state index < -0.39 is 6.10 Å². The Morgan fingerprint density at radius 1 is 1.21 bits per heavy atom. The van der Waals surface area contributed by atoms with Crippen LogP contribution in [0, 0.1) is 6.92 Å². The van der Waals surface area contributed by atoms with Crippen LogP contribution >= 0.6 is 0 Å². The summed E-state index contributed by atoms with van der Waals surface area (Å²) in [6, 6.07) is 8.08. The number of hydrogen-bond donors (Lipinski definition) is 3. The Morgan fingerprint density at radius 3 is 2.93 bits per heavy atom. The molecule has 0 bridgehead atoms. The van der Waals surface area contributed by atoms with Crippen LogP contribution in [0.3, 0.4) is 0 Å². The number of fused-ring (bicyclic) bond motifs is 1. The Balaban J connectivity index is 0.985. The third-order valence-electron chi connectivity index (χ3n) is 8.62. The van der Waals surface area contributed by atoms with Gasteiger partial charge in [-0.05, 0) is 86.8 Å². The maximum atomic E-state index is 12.7. The van der Waals surface area contributed by atoms with Crippen molar-refractivity contribution in [2.75, 3.05) is 31.6 Å². The topological polar surface area (TPSA) is 127 Å². The molecule has 224 valence electrons. The summed E-state index contributed by atoms with van der Waals surface area (Å²) in [5.41, 5.74) is 5.14. The fourth-order valence-corrected chi connectivity index (χ4v) is 5.96. The van der Waals surface area contributed by atoms with Gasteiger partial charge in [-0.2, -0.15) is 0 Å². The van der Waals surface area contributed by atoms with Crippen molar-refractivity contribution >= 4 is 11.7 Å². The fourth-order valence-electron chi connectivity index (χ4n) is 5.96. The van der Waals surface area contributed by atoms with Crippen LogP contribution < -0.4 is 15.4 Å². The van der Waals surface area contributed by atoms with Crippen molar-refractivity contribution in [1.82, 2.24) is 30.2 Å². The van der Waals surface area contributed by atoms with Gasteiger partial charge in [0.25, 0.3) is 5.91 Å². The summed E-state index contributed by atoms with van der Waals surface area (Å²) >= 11 is 0. The van der Waals surface area contributed by atoms with Gasteiger partial charge in [0.15, 0.2) is 6.23 Å². The molecule has 1 aliphatic carbocycles. The summed E-state index contributed by atoms with van der Waals surface area (Å²) in [5.74, 6) is 1.39. The molecule has 11 nitrogen and oxygen atoms in total. The Labute approximate surface area is 246 Å². The molecule has 1 saturated heterocycles. The van der Waals surface area contributed by atoms with Gasteiger partial charge in [0.1, 0.15) is 18.2 Å². The largest absolute Gasteiger partial charge is 0.487 e. The van der Waals surface area contributed by atoms with E-state index >= 15 is 0 Å². The van der Waals surface area contributed by atoms with Crippen LogP contribution in [0.1, 0.15) is 77.5 Å². The highest BCUT2D eigenvalue weighted by Crippen LogP contribution is 2.30. The molecule has 4 heterocycles. The van der Waals surface area contributed by atoms with Crippen LogP contribution in [-0.4, -0.2) is 74.3 Å². The third-order valence-corrected chi connectivity index (χ3v) is 8.62. The fraction of sp³-hybridized carbons (Fsp3) is 0.548. The number of aromatic nitrogens is 4. The Kier molecular flexibility index (Phi) is 8.97. The Bertz CT molecular complexity index is 1370. The molecule has 2 aliphatic heterocycles. The molecular weight excluding hydrogens is 534 g/mol. The zero-order valence-electron chi connectivity index (χ0n) is 24.3. The van der Waals surface area contributed by atoms with Gasteiger partial charge in [-0.1, -0.05) is 11.3 Å². The second-order valence-electron chi connectivity index (χ2n) is 11.7. The van der Waals surface area contributed by atoms with Gasteiger partial charge in [-0.25, -0.2) is 9.67 Å². The SMILES string of the molecule is Cc1c(OCc2cnnn2C2CCCCO2)ccc2c1CCN(C[C@@H](O)CNC(=O)c1ccnc(NC3CCC3)c1)C2. The molecule has 3 N–H and O–H groups in total. The van der Waals surface area contributed by atoms with E-state index in [1.54, 1.807) is 24.5 Å². The third kappa shape index (κ3) is 6.74. The lowest BCUT2D eigenvalue weighted by Gasteiger charge is -2.31. The van der Waals surface area contributed by atoms with Crippen molar-refractivity contribution in [2.45, 2.75) is 83.4 Å². The minimum absolute atomic E-state index is 0.0680.